The Labute approximate surface area is 163 Å². The van der Waals surface area contributed by atoms with Crippen LogP contribution >= 0.6 is 11.6 Å². The zero-order chi connectivity index (χ0) is 19.8. The Morgan fingerprint density at radius 1 is 1.22 bits per heavy atom. The van der Waals surface area contributed by atoms with Gasteiger partial charge in [0, 0.05) is 36.2 Å². The predicted molar refractivity (Wildman–Crippen MR) is 105 cm³/mol. The summed E-state index contributed by atoms with van der Waals surface area (Å²) in [5, 5.41) is 0.0381. The fourth-order valence-electron chi connectivity index (χ4n) is 3.07. The van der Waals surface area contributed by atoms with Gasteiger partial charge in [0.2, 0.25) is 5.91 Å². The molecule has 146 valence electrons. The number of amides is 2. The molecular formula is C18H23ClN4O3S. The van der Waals surface area contributed by atoms with E-state index >= 15 is 0 Å². The van der Waals surface area contributed by atoms with Crippen LogP contribution < -0.4 is 0 Å². The Morgan fingerprint density at radius 2 is 1.96 bits per heavy atom. The van der Waals surface area contributed by atoms with Crippen LogP contribution in [0.2, 0.25) is 5.15 Å². The number of fused-ring (bicyclic) bond motifs is 1. The first kappa shape index (κ1) is 19.8. The number of hydrogen-bond donors (Lipinski definition) is 0. The van der Waals surface area contributed by atoms with Gasteiger partial charge in [0.05, 0.1) is 9.73 Å². The van der Waals surface area contributed by atoms with Crippen LogP contribution in [0.1, 0.15) is 37.7 Å². The van der Waals surface area contributed by atoms with E-state index in [9.17, 15) is 13.8 Å². The third-order valence-electron chi connectivity index (χ3n) is 4.44. The second kappa shape index (κ2) is 7.24. The molecule has 0 radical (unpaired) electrons. The first-order valence-corrected chi connectivity index (χ1v) is 11.0. The molecule has 0 saturated carbocycles. The van der Waals surface area contributed by atoms with Crippen LogP contribution in [0.15, 0.2) is 28.8 Å². The van der Waals surface area contributed by atoms with E-state index in [-0.39, 0.29) is 28.3 Å². The van der Waals surface area contributed by atoms with Gasteiger partial charge in [-0.1, -0.05) is 38.4 Å². The van der Waals surface area contributed by atoms with Crippen LogP contribution in [0, 0.1) is 5.41 Å². The Kier molecular flexibility index (Phi) is 5.31. The van der Waals surface area contributed by atoms with Gasteiger partial charge >= 0.3 is 5.91 Å². The van der Waals surface area contributed by atoms with E-state index in [1.165, 1.54) is 0 Å². The third kappa shape index (κ3) is 4.16. The summed E-state index contributed by atoms with van der Waals surface area (Å²) in [4.78, 5) is 31.1. The van der Waals surface area contributed by atoms with Crippen LogP contribution in [-0.4, -0.2) is 54.9 Å². The maximum absolute atomic E-state index is 13.2. The van der Waals surface area contributed by atoms with E-state index in [2.05, 4.69) is 9.35 Å². The van der Waals surface area contributed by atoms with Crippen LogP contribution in [-0.2, 0) is 14.5 Å². The fraction of sp³-hybridized carbons (Fsp3) is 0.500. The minimum absolute atomic E-state index is 0.0160. The van der Waals surface area contributed by atoms with Crippen LogP contribution in [0.3, 0.4) is 0 Å². The van der Waals surface area contributed by atoms with Crippen molar-refractivity contribution in [2.24, 2.45) is 9.78 Å². The van der Waals surface area contributed by atoms with Gasteiger partial charge in [0.15, 0.2) is 10.8 Å². The molecule has 2 aromatic heterocycles. The zero-order valence-corrected chi connectivity index (χ0v) is 17.2. The van der Waals surface area contributed by atoms with Crippen molar-refractivity contribution in [3.05, 3.63) is 35.2 Å². The Balaban J connectivity index is 1.88. The van der Waals surface area contributed by atoms with Gasteiger partial charge in [-0.15, -0.1) is 0 Å². The highest BCUT2D eigenvalue weighted by molar-refractivity contribution is 7.93. The topological polar surface area (TPSA) is 84.1 Å². The van der Waals surface area contributed by atoms with Crippen molar-refractivity contribution in [1.82, 2.24) is 14.3 Å². The highest BCUT2D eigenvalue weighted by Gasteiger charge is 2.30. The lowest BCUT2D eigenvalue weighted by molar-refractivity contribution is -0.139. The average molecular weight is 411 g/mol. The van der Waals surface area contributed by atoms with Crippen LogP contribution in [0.25, 0.3) is 5.65 Å². The monoisotopic (exact) mass is 410 g/mol. The van der Waals surface area contributed by atoms with Gasteiger partial charge < -0.3 is 4.90 Å². The second-order valence-electron chi connectivity index (χ2n) is 7.65. The summed E-state index contributed by atoms with van der Waals surface area (Å²) in [7, 11) is -2.77. The van der Waals surface area contributed by atoms with Gasteiger partial charge in [-0.2, -0.15) is 4.36 Å². The molecule has 9 heteroatoms. The number of carbonyl (C=O) groups is 2. The standard InChI is InChI=1S/C18H23ClN4O3S/c1-18(2,3)17(25)22-8-6-11-27(26,12-10-22)21-16(24)14-15(19)20-13-7-4-5-9-23(13)14/h4-5,7,9H,6,8,10-12H2,1-3H3. The molecule has 2 aromatic rings. The van der Waals surface area contributed by atoms with Crippen molar-refractivity contribution >= 4 is 38.8 Å². The summed E-state index contributed by atoms with van der Waals surface area (Å²) in [5.41, 5.74) is 0.142. The molecule has 3 rings (SSSR count). The van der Waals surface area contributed by atoms with Crippen molar-refractivity contribution in [1.29, 1.82) is 0 Å². The van der Waals surface area contributed by atoms with E-state index in [1.807, 2.05) is 20.8 Å². The minimum Gasteiger partial charge on any atom is -0.341 e. The number of hydrogen-bond acceptors (Lipinski definition) is 4. The lowest BCUT2D eigenvalue weighted by atomic mass is 9.94. The molecule has 27 heavy (non-hydrogen) atoms. The van der Waals surface area contributed by atoms with E-state index in [1.54, 1.807) is 33.7 Å². The van der Waals surface area contributed by atoms with Crippen LogP contribution in [0.5, 0.6) is 0 Å². The molecule has 1 aliphatic rings. The molecule has 1 fully saturated rings. The number of imidazole rings is 1. The quantitative estimate of drug-likeness (QED) is 0.723. The fourth-order valence-corrected chi connectivity index (χ4v) is 5.19. The maximum Gasteiger partial charge on any atom is 0.305 e. The molecule has 1 aliphatic heterocycles. The molecule has 2 amide bonds. The molecule has 0 aromatic carbocycles. The van der Waals surface area contributed by atoms with Gasteiger partial charge in [-0.25, -0.2) is 9.19 Å². The molecule has 0 N–H and O–H groups in total. The Hall–Kier alpha value is -1.93. The summed E-state index contributed by atoms with van der Waals surface area (Å²) in [5.74, 6) is -0.169. The smallest absolute Gasteiger partial charge is 0.305 e. The van der Waals surface area contributed by atoms with Crippen molar-refractivity contribution in [3.8, 4) is 0 Å². The summed E-state index contributed by atoms with van der Waals surface area (Å²) in [6.07, 6.45) is 2.21. The summed E-state index contributed by atoms with van der Waals surface area (Å²) >= 11 is 6.11. The molecule has 7 nitrogen and oxygen atoms in total. The Morgan fingerprint density at radius 3 is 2.67 bits per heavy atom. The number of nitrogens with zero attached hydrogens (tertiary/aromatic N) is 4. The van der Waals surface area contributed by atoms with Crippen molar-refractivity contribution in [3.63, 3.8) is 0 Å². The largest absolute Gasteiger partial charge is 0.341 e. The molecule has 1 saturated heterocycles. The summed E-state index contributed by atoms with van der Waals surface area (Å²) in [6, 6.07) is 5.27. The molecular weight excluding hydrogens is 388 g/mol. The van der Waals surface area contributed by atoms with Crippen LogP contribution in [0.4, 0.5) is 0 Å². The van der Waals surface area contributed by atoms with E-state index < -0.39 is 21.1 Å². The molecule has 1 unspecified atom stereocenters. The molecule has 0 bridgehead atoms. The van der Waals surface area contributed by atoms with Crippen molar-refractivity contribution in [2.45, 2.75) is 27.2 Å². The molecule has 0 spiro atoms. The number of halogens is 1. The highest BCUT2D eigenvalue weighted by Crippen LogP contribution is 2.22. The normalized spacial score (nSPS) is 21.1. The second-order valence-corrected chi connectivity index (χ2v) is 10.6. The lowest BCUT2D eigenvalue weighted by Gasteiger charge is -2.28. The number of rotatable bonds is 1. The van der Waals surface area contributed by atoms with Gasteiger partial charge in [-0.05, 0) is 18.6 Å². The van der Waals surface area contributed by atoms with Crippen molar-refractivity contribution in [2.75, 3.05) is 24.6 Å². The van der Waals surface area contributed by atoms with Gasteiger partial charge in [-0.3, -0.25) is 14.0 Å². The van der Waals surface area contributed by atoms with Gasteiger partial charge in [0.1, 0.15) is 5.65 Å². The molecule has 0 aliphatic carbocycles. The highest BCUT2D eigenvalue weighted by atomic mass is 35.5. The van der Waals surface area contributed by atoms with E-state index in [0.29, 0.717) is 25.2 Å². The van der Waals surface area contributed by atoms with E-state index in [4.69, 9.17) is 11.6 Å². The summed E-state index contributed by atoms with van der Waals surface area (Å²) < 4.78 is 18.8. The molecule has 1 atom stereocenters. The zero-order valence-electron chi connectivity index (χ0n) is 15.6. The summed E-state index contributed by atoms with van der Waals surface area (Å²) in [6.45, 7) is 6.42. The SMILES string of the molecule is CC(C)(C)C(=O)N1CCCS(=O)(=NC(=O)c2c(Cl)nc3ccccn23)CC1. The lowest BCUT2D eigenvalue weighted by Crippen LogP contribution is -2.41. The number of carbonyl (C=O) groups excluding carboxylic acids is 2. The number of aromatic nitrogens is 2. The first-order chi connectivity index (χ1) is 12.6. The van der Waals surface area contributed by atoms with Crippen molar-refractivity contribution < 1.29 is 13.8 Å². The van der Waals surface area contributed by atoms with Gasteiger partial charge in [0.25, 0.3) is 0 Å². The minimum atomic E-state index is -2.77. The average Bonchev–Trinajstić information content (AvgIpc) is 2.80. The molecule has 3 heterocycles. The first-order valence-electron chi connectivity index (χ1n) is 8.79. The Bertz CT molecular complexity index is 1020. The third-order valence-corrected chi connectivity index (χ3v) is 6.95. The maximum atomic E-state index is 13.2. The number of pyridine rings is 1. The predicted octanol–water partition coefficient (Wildman–Crippen LogP) is 2.87. The van der Waals surface area contributed by atoms with E-state index in [0.717, 1.165) is 0 Å².